The van der Waals surface area contributed by atoms with Crippen LogP contribution in [0.15, 0.2) is 24.3 Å². The van der Waals surface area contributed by atoms with Crippen molar-refractivity contribution in [2.24, 2.45) is 0 Å². The summed E-state index contributed by atoms with van der Waals surface area (Å²) in [6, 6.07) is 7.47. The first-order valence-electron chi connectivity index (χ1n) is 6.98. The normalized spacial score (nSPS) is 23.0. The largest absolute Gasteiger partial charge is 0.434 e. The molecule has 1 fully saturated rings. The van der Waals surface area contributed by atoms with E-state index in [1.54, 1.807) is 12.1 Å². The molecule has 0 aromatic heterocycles. The van der Waals surface area contributed by atoms with Gasteiger partial charge in [0.2, 0.25) is 0 Å². The van der Waals surface area contributed by atoms with Crippen LogP contribution in [0.2, 0.25) is 0 Å². The summed E-state index contributed by atoms with van der Waals surface area (Å²) >= 11 is 1.94. The van der Waals surface area contributed by atoms with Gasteiger partial charge < -0.3 is 10.1 Å². The van der Waals surface area contributed by atoms with E-state index in [1.165, 1.54) is 12.8 Å². The van der Waals surface area contributed by atoms with Crippen molar-refractivity contribution >= 4 is 11.8 Å². The predicted molar refractivity (Wildman–Crippen MR) is 79.5 cm³/mol. The van der Waals surface area contributed by atoms with E-state index in [9.17, 15) is 8.78 Å². The zero-order valence-corrected chi connectivity index (χ0v) is 12.5. The lowest BCUT2D eigenvalue weighted by Gasteiger charge is -2.28. The van der Waals surface area contributed by atoms with E-state index < -0.39 is 6.61 Å². The molecule has 2 nitrogen and oxygen atoms in total. The van der Waals surface area contributed by atoms with Crippen LogP contribution < -0.4 is 10.1 Å². The van der Waals surface area contributed by atoms with Gasteiger partial charge in [-0.15, -0.1) is 0 Å². The van der Waals surface area contributed by atoms with Crippen LogP contribution in [0.5, 0.6) is 5.75 Å². The molecule has 1 aliphatic carbocycles. The van der Waals surface area contributed by atoms with Gasteiger partial charge in [-0.1, -0.05) is 18.2 Å². The van der Waals surface area contributed by atoms with Gasteiger partial charge in [0.25, 0.3) is 0 Å². The zero-order valence-electron chi connectivity index (χ0n) is 11.6. The highest BCUT2D eigenvalue weighted by atomic mass is 32.2. The lowest BCUT2D eigenvalue weighted by Crippen LogP contribution is -2.33. The molecule has 2 rings (SSSR count). The van der Waals surface area contributed by atoms with E-state index in [1.807, 2.05) is 23.9 Å². The molecule has 0 unspecified atom stereocenters. The van der Waals surface area contributed by atoms with Crippen molar-refractivity contribution in [3.63, 3.8) is 0 Å². The number of hydrogen-bond acceptors (Lipinski definition) is 3. The second-order valence-corrected chi connectivity index (χ2v) is 6.21. The minimum absolute atomic E-state index is 0.271. The molecule has 1 aliphatic rings. The number of alkyl halides is 2. The monoisotopic (exact) mass is 301 g/mol. The molecule has 0 aliphatic heterocycles. The molecule has 0 heterocycles. The molecular formula is C15H21F2NOS. The summed E-state index contributed by atoms with van der Waals surface area (Å²) in [6.07, 6.45) is 6.94. The molecule has 0 spiro atoms. The van der Waals surface area contributed by atoms with Gasteiger partial charge >= 0.3 is 6.61 Å². The van der Waals surface area contributed by atoms with Crippen LogP contribution in [0.25, 0.3) is 0 Å². The van der Waals surface area contributed by atoms with Crippen molar-refractivity contribution in [3.8, 4) is 5.75 Å². The van der Waals surface area contributed by atoms with E-state index in [4.69, 9.17) is 0 Å². The summed E-state index contributed by atoms with van der Waals surface area (Å²) < 4.78 is 29.2. The molecule has 0 bridgehead atoms. The molecule has 0 atom stereocenters. The van der Waals surface area contributed by atoms with E-state index >= 15 is 0 Å². The van der Waals surface area contributed by atoms with Gasteiger partial charge in [-0.2, -0.15) is 20.5 Å². The van der Waals surface area contributed by atoms with E-state index in [-0.39, 0.29) is 5.75 Å². The third-order valence-corrected chi connectivity index (χ3v) is 4.92. The van der Waals surface area contributed by atoms with E-state index in [0.717, 1.165) is 23.7 Å². The van der Waals surface area contributed by atoms with Gasteiger partial charge in [0.05, 0.1) is 0 Å². The topological polar surface area (TPSA) is 21.3 Å². The lowest BCUT2D eigenvalue weighted by atomic mass is 9.95. The van der Waals surface area contributed by atoms with Crippen LogP contribution in [0, 0.1) is 0 Å². The Morgan fingerprint density at radius 1 is 1.25 bits per heavy atom. The fourth-order valence-corrected chi connectivity index (χ4v) is 3.36. The quantitative estimate of drug-likeness (QED) is 0.856. The average molecular weight is 301 g/mol. The van der Waals surface area contributed by atoms with Crippen LogP contribution in [0.3, 0.4) is 0 Å². The van der Waals surface area contributed by atoms with Gasteiger partial charge in [0.1, 0.15) is 5.75 Å². The van der Waals surface area contributed by atoms with Crippen molar-refractivity contribution in [3.05, 3.63) is 29.8 Å². The minimum atomic E-state index is -2.77. The summed E-state index contributed by atoms with van der Waals surface area (Å²) in [6.45, 7) is -2.19. The smallest absolute Gasteiger partial charge is 0.387 e. The minimum Gasteiger partial charge on any atom is -0.434 e. The number of ether oxygens (including phenoxy) is 1. The summed E-state index contributed by atoms with van der Waals surface area (Å²) in [5, 5.41) is 4.24. The molecule has 1 saturated carbocycles. The predicted octanol–water partition coefficient (Wildman–Crippen LogP) is 4.05. The van der Waals surface area contributed by atoms with Crippen LogP contribution in [-0.4, -0.2) is 24.2 Å². The Morgan fingerprint density at radius 3 is 2.60 bits per heavy atom. The maximum Gasteiger partial charge on any atom is 0.387 e. The molecule has 1 N–H and O–H groups in total. The first kappa shape index (κ1) is 15.6. The third-order valence-electron chi connectivity index (χ3n) is 3.78. The van der Waals surface area contributed by atoms with Crippen molar-refractivity contribution < 1.29 is 13.5 Å². The van der Waals surface area contributed by atoms with Crippen LogP contribution in [0.1, 0.15) is 31.2 Å². The van der Waals surface area contributed by atoms with Crippen LogP contribution in [-0.2, 0) is 6.54 Å². The van der Waals surface area contributed by atoms with Gasteiger partial charge in [-0.05, 0) is 38.0 Å². The molecule has 1 aromatic rings. The van der Waals surface area contributed by atoms with Gasteiger partial charge in [-0.3, -0.25) is 0 Å². The summed E-state index contributed by atoms with van der Waals surface area (Å²) in [4.78, 5) is 0. The first-order chi connectivity index (χ1) is 9.69. The molecule has 0 saturated heterocycles. The Balaban J connectivity index is 1.85. The van der Waals surface area contributed by atoms with Crippen LogP contribution >= 0.6 is 11.8 Å². The molecule has 112 valence electrons. The Labute approximate surface area is 123 Å². The van der Waals surface area contributed by atoms with Gasteiger partial charge in [-0.25, -0.2) is 0 Å². The lowest BCUT2D eigenvalue weighted by molar-refractivity contribution is -0.0505. The summed E-state index contributed by atoms with van der Waals surface area (Å²) in [5.74, 6) is 0.271. The number of benzene rings is 1. The van der Waals surface area contributed by atoms with Gasteiger partial charge in [0, 0.05) is 23.4 Å². The standard InChI is InChI=1S/C15H21F2NOS/c1-20-13-8-6-12(7-9-13)18-10-11-4-2-3-5-14(11)19-15(16)17/h2-5,12-13,15,18H,6-10H2,1H3. The van der Waals surface area contributed by atoms with Crippen LogP contribution in [0.4, 0.5) is 8.78 Å². The molecule has 0 radical (unpaired) electrons. The SMILES string of the molecule is CSC1CCC(NCc2ccccc2OC(F)F)CC1. The molecule has 0 amide bonds. The zero-order chi connectivity index (χ0) is 14.4. The number of rotatable bonds is 6. The van der Waals surface area contributed by atoms with Crippen molar-refractivity contribution in [1.29, 1.82) is 0 Å². The second kappa shape index (κ2) is 7.84. The number of para-hydroxylation sites is 1. The fraction of sp³-hybridized carbons (Fsp3) is 0.600. The van der Waals surface area contributed by atoms with Crippen molar-refractivity contribution in [1.82, 2.24) is 5.32 Å². The Hall–Kier alpha value is -0.810. The number of nitrogens with one attached hydrogen (secondary N) is 1. The average Bonchev–Trinajstić information content (AvgIpc) is 2.46. The molecular weight excluding hydrogens is 280 g/mol. The Kier molecular flexibility index (Phi) is 6.10. The Morgan fingerprint density at radius 2 is 1.95 bits per heavy atom. The summed E-state index contributed by atoms with van der Waals surface area (Å²) in [5.41, 5.74) is 0.791. The maximum absolute atomic E-state index is 12.3. The number of thioether (sulfide) groups is 1. The highest BCUT2D eigenvalue weighted by Crippen LogP contribution is 2.27. The Bertz CT molecular complexity index is 409. The maximum atomic E-state index is 12.3. The fourth-order valence-electron chi connectivity index (χ4n) is 2.62. The molecule has 20 heavy (non-hydrogen) atoms. The first-order valence-corrected chi connectivity index (χ1v) is 8.26. The number of hydrogen-bond donors (Lipinski definition) is 1. The molecule has 5 heteroatoms. The second-order valence-electron chi connectivity index (χ2n) is 5.08. The van der Waals surface area contributed by atoms with Crippen molar-refractivity contribution in [2.75, 3.05) is 6.26 Å². The van der Waals surface area contributed by atoms with E-state index in [2.05, 4.69) is 16.3 Å². The highest BCUT2D eigenvalue weighted by molar-refractivity contribution is 7.99. The summed E-state index contributed by atoms with van der Waals surface area (Å²) in [7, 11) is 0. The highest BCUT2D eigenvalue weighted by Gasteiger charge is 2.20. The third kappa shape index (κ3) is 4.63. The van der Waals surface area contributed by atoms with Gasteiger partial charge in [0.15, 0.2) is 0 Å². The molecule has 1 aromatic carbocycles. The van der Waals surface area contributed by atoms with Crippen molar-refractivity contribution in [2.45, 2.75) is 50.1 Å². The number of halogens is 2. The van der Waals surface area contributed by atoms with E-state index in [0.29, 0.717) is 12.6 Å².